The van der Waals surface area contributed by atoms with E-state index in [0.29, 0.717) is 18.4 Å². The Morgan fingerprint density at radius 2 is 1.48 bits per heavy atom. The number of fused-ring (bicyclic) bond motifs is 2. The van der Waals surface area contributed by atoms with Crippen molar-refractivity contribution in [3.05, 3.63) is 41.0 Å². The predicted octanol–water partition coefficient (Wildman–Crippen LogP) is 4.79. The largest absolute Gasteiger partial charge is 0.416 e. The number of rotatable bonds is 1. The van der Waals surface area contributed by atoms with E-state index >= 15 is 0 Å². The fourth-order valence-corrected chi connectivity index (χ4v) is 4.93. The Kier molecular flexibility index (Phi) is 3.85. The third-order valence-electron chi connectivity index (χ3n) is 4.19. The Labute approximate surface area is 130 Å². The Morgan fingerprint density at radius 1 is 0.913 bits per heavy atom. The zero-order valence-electron chi connectivity index (χ0n) is 11.7. The summed E-state index contributed by atoms with van der Waals surface area (Å²) in [5, 5.41) is -0.448. The van der Waals surface area contributed by atoms with Crippen LogP contribution in [0.1, 0.15) is 36.0 Å². The number of benzene rings is 1. The van der Waals surface area contributed by atoms with Crippen LogP contribution >= 0.6 is 0 Å². The van der Waals surface area contributed by atoms with Crippen molar-refractivity contribution in [1.82, 2.24) is 0 Å². The van der Waals surface area contributed by atoms with Gasteiger partial charge < -0.3 is 0 Å². The lowest BCUT2D eigenvalue weighted by Crippen LogP contribution is -2.20. The van der Waals surface area contributed by atoms with E-state index in [1.54, 1.807) is 6.08 Å². The molecule has 1 aromatic rings. The van der Waals surface area contributed by atoms with E-state index in [0.717, 1.165) is 12.1 Å². The molecule has 0 radical (unpaired) electrons. The molecule has 0 amide bonds. The minimum absolute atomic E-state index is 0.0826. The molecule has 2 bridgehead atoms. The second-order valence-corrected chi connectivity index (χ2v) is 7.69. The number of hydrogen-bond acceptors (Lipinski definition) is 1. The van der Waals surface area contributed by atoms with Crippen LogP contribution in [0.4, 0.5) is 26.3 Å². The molecule has 0 aliphatic carbocycles. The smallest absolute Gasteiger partial charge is 0.259 e. The molecule has 1 nitrogen and oxygen atoms in total. The number of allylic oxidation sites excluding steroid dienone is 1. The Morgan fingerprint density at radius 3 is 1.96 bits per heavy atom. The summed E-state index contributed by atoms with van der Waals surface area (Å²) in [6, 6.07) is 1.61. The van der Waals surface area contributed by atoms with Crippen molar-refractivity contribution >= 4 is 16.4 Å². The zero-order valence-corrected chi connectivity index (χ0v) is 12.5. The van der Waals surface area contributed by atoms with Crippen LogP contribution in [-0.4, -0.2) is 14.7 Å². The van der Waals surface area contributed by atoms with Gasteiger partial charge in [0.15, 0.2) is 0 Å². The van der Waals surface area contributed by atoms with Crippen molar-refractivity contribution in [2.24, 2.45) is 0 Å². The summed E-state index contributed by atoms with van der Waals surface area (Å²) in [6.45, 7) is 0. The molecule has 8 heteroatoms. The molecule has 0 aromatic heterocycles. The highest BCUT2D eigenvalue weighted by Gasteiger charge is 2.39. The second kappa shape index (κ2) is 5.36. The van der Waals surface area contributed by atoms with Crippen LogP contribution in [0.5, 0.6) is 0 Å². The van der Waals surface area contributed by atoms with Gasteiger partial charge in [-0.1, -0.05) is 6.08 Å². The van der Waals surface area contributed by atoms with Crippen molar-refractivity contribution in [2.75, 3.05) is 0 Å². The first-order valence-electron chi connectivity index (χ1n) is 6.95. The van der Waals surface area contributed by atoms with E-state index in [9.17, 15) is 30.6 Å². The minimum atomic E-state index is -4.85. The lowest BCUT2D eigenvalue weighted by molar-refractivity contribution is -0.143. The van der Waals surface area contributed by atoms with Gasteiger partial charge in [-0.05, 0) is 48.6 Å². The SMILES string of the molecule is O=S1C2C=C(c3cc(C(F)(F)F)cc(C(F)(F)F)c3)CC1CC2. The van der Waals surface area contributed by atoms with E-state index in [2.05, 4.69) is 0 Å². The highest BCUT2D eigenvalue weighted by molar-refractivity contribution is 7.86. The summed E-state index contributed by atoms with van der Waals surface area (Å²) in [5.74, 6) is 0. The van der Waals surface area contributed by atoms with Gasteiger partial charge in [0, 0.05) is 16.0 Å². The first-order valence-corrected chi connectivity index (χ1v) is 8.23. The summed E-state index contributed by atoms with van der Waals surface area (Å²) in [4.78, 5) is 0. The van der Waals surface area contributed by atoms with Crippen LogP contribution < -0.4 is 0 Å². The highest BCUT2D eigenvalue weighted by atomic mass is 32.2. The average molecular weight is 354 g/mol. The molecule has 1 fully saturated rings. The maximum absolute atomic E-state index is 12.9. The third kappa shape index (κ3) is 3.18. The van der Waals surface area contributed by atoms with E-state index in [1.807, 2.05) is 0 Å². The minimum Gasteiger partial charge on any atom is -0.259 e. The lowest BCUT2D eigenvalue weighted by atomic mass is 9.96. The molecule has 1 aromatic carbocycles. The van der Waals surface area contributed by atoms with Gasteiger partial charge in [0.05, 0.1) is 16.4 Å². The van der Waals surface area contributed by atoms with E-state index in [1.165, 1.54) is 0 Å². The van der Waals surface area contributed by atoms with Crippen LogP contribution in [0.3, 0.4) is 0 Å². The van der Waals surface area contributed by atoms with E-state index < -0.39 is 34.3 Å². The van der Waals surface area contributed by atoms with Gasteiger partial charge in [-0.3, -0.25) is 4.21 Å². The van der Waals surface area contributed by atoms with Crippen molar-refractivity contribution in [3.63, 3.8) is 0 Å². The quantitative estimate of drug-likeness (QED) is 0.663. The number of halogens is 6. The Bertz CT molecular complexity index is 656. The molecule has 126 valence electrons. The molecular formula is C15H12F6OS. The molecule has 0 N–H and O–H groups in total. The molecular weight excluding hydrogens is 342 g/mol. The van der Waals surface area contributed by atoms with Gasteiger partial charge in [-0.2, -0.15) is 26.3 Å². The van der Waals surface area contributed by atoms with Crippen molar-refractivity contribution in [3.8, 4) is 0 Å². The van der Waals surface area contributed by atoms with Crippen LogP contribution in [0, 0.1) is 0 Å². The molecule has 1 saturated heterocycles. The van der Waals surface area contributed by atoms with Gasteiger partial charge in [-0.25, -0.2) is 0 Å². The maximum Gasteiger partial charge on any atom is 0.416 e. The molecule has 2 aliphatic rings. The fraction of sp³-hybridized carbons (Fsp3) is 0.467. The zero-order chi connectivity index (χ0) is 17.0. The number of alkyl halides is 6. The molecule has 3 unspecified atom stereocenters. The van der Waals surface area contributed by atoms with E-state index in [-0.39, 0.29) is 28.6 Å². The average Bonchev–Trinajstić information content (AvgIpc) is 2.67. The van der Waals surface area contributed by atoms with Crippen LogP contribution in [-0.2, 0) is 23.2 Å². The third-order valence-corrected chi connectivity index (χ3v) is 6.22. The molecule has 3 rings (SSSR count). The van der Waals surface area contributed by atoms with Crippen LogP contribution in [0.25, 0.3) is 5.57 Å². The van der Waals surface area contributed by atoms with Crippen molar-refractivity contribution < 1.29 is 30.6 Å². The second-order valence-electron chi connectivity index (χ2n) is 5.76. The molecule has 23 heavy (non-hydrogen) atoms. The molecule has 0 spiro atoms. The van der Waals surface area contributed by atoms with E-state index in [4.69, 9.17) is 0 Å². The van der Waals surface area contributed by atoms with Gasteiger partial charge in [0.1, 0.15) is 0 Å². The highest BCUT2D eigenvalue weighted by Crippen LogP contribution is 2.42. The number of hydrogen-bond donors (Lipinski definition) is 0. The Balaban J connectivity index is 2.09. The molecule has 2 aliphatic heterocycles. The summed E-state index contributed by atoms with van der Waals surface area (Å²) >= 11 is 0. The molecule has 2 heterocycles. The topological polar surface area (TPSA) is 17.1 Å². The van der Waals surface area contributed by atoms with Crippen molar-refractivity contribution in [2.45, 2.75) is 42.1 Å². The van der Waals surface area contributed by atoms with Crippen molar-refractivity contribution in [1.29, 1.82) is 0 Å². The maximum atomic E-state index is 12.9. The standard InChI is InChI=1S/C15H12F6OS/c16-14(17,18)10-3-8(4-11(7-10)15(19,20)21)9-5-12-1-2-13(6-9)23(12)22/h3-5,7,12-13H,1-2,6H2. The summed E-state index contributed by atoms with van der Waals surface area (Å²) in [6.07, 6.45) is -6.54. The van der Waals surface area contributed by atoms with Crippen LogP contribution in [0.2, 0.25) is 0 Å². The first kappa shape index (κ1) is 16.5. The monoisotopic (exact) mass is 354 g/mol. The van der Waals surface area contributed by atoms with Gasteiger partial charge in [0.25, 0.3) is 0 Å². The summed E-state index contributed by atoms with van der Waals surface area (Å²) in [5.41, 5.74) is -2.29. The predicted molar refractivity (Wildman–Crippen MR) is 74.0 cm³/mol. The molecule has 0 saturated carbocycles. The lowest BCUT2D eigenvalue weighted by Gasteiger charge is -2.21. The first-order chi connectivity index (χ1) is 10.6. The van der Waals surface area contributed by atoms with Gasteiger partial charge in [0.2, 0.25) is 0 Å². The molecule has 3 atom stereocenters. The normalized spacial score (nSPS) is 27.9. The Hall–Kier alpha value is -1.31. The fourth-order valence-electron chi connectivity index (χ4n) is 3.06. The van der Waals surface area contributed by atoms with Gasteiger partial charge in [-0.15, -0.1) is 0 Å². The van der Waals surface area contributed by atoms with Gasteiger partial charge >= 0.3 is 12.4 Å². The summed E-state index contributed by atoms with van der Waals surface area (Å²) < 4.78 is 89.3. The van der Waals surface area contributed by atoms with Crippen LogP contribution in [0.15, 0.2) is 24.3 Å². The summed E-state index contributed by atoms with van der Waals surface area (Å²) in [7, 11) is -1.08.